The number of H-pyrrole nitrogens is 2. The zero-order valence-corrected chi connectivity index (χ0v) is 15.2. The van der Waals surface area contributed by atoms with Crippen LogP contribution in [0.25, 0.3) is 10.9 Å². The van der Waals surface area contributed by atoms with E-state index in [1.165, 1.54) is 12.5 Å². The molecule has 0 saturated carbocycles. The molecule has 0 spiro atoms. The molecule has 1 amide bonds. The molecule has 1 unspecified atom stereocenters. The third-order valence-corrected chi connectivity index (χ3v) is 4.46. The maximum Gasteiger partial charge on any atom is 0.397 e. The number of halogens is 3. The number of para-hydroxylation sites is 1. The van der Waals surface area contributed by atoms with E-state index in [2.05, 4.69) is 20.3 Å². The first-order valence-electron chi connectivity index (χ1n) is 8.54. The van der Waals surface area contributed by atoms with E-state index in [0.29, 0.717) is 16.6 Å². The van der Waals surface area contributed by atoms with Crippen LogP contribution in [-0.4, -0.2) is 33.6 Å². The SMILES string of the molecule is CC(C)(C)c1[nH]cnc1C(=O)NCC(c1c[nH]c2ccccc12)C(F)(F)F. The number of imidazole rings is 1. The molecular weight excluding hydrogens is 357 g/mol. The highest BCUT2D eigenvalue weighted by Gasteiger charge is 2.42. The average Bonchev–Trinajstić information content (AvgIpc) is 3.20. The van der Waals surface area contributed by atoms with Gasteiger partial charge in [0.1, 0.15) is 5.69 Å². The fourth-order valence-corrected chi connectivity index (χ4v) is 3.10. The smallest absolute Gasteiger partial charge is 0.361 e. The molecule has 0 radical (unpaired) electrons. The Hall–Kier alpha value is -2.77. The summed E-state index contributed by atoms with van der Waals surface area (Å²) in [5.74, 6) is -2.45. The number of amides is 1. The number of aromatic nitrogens is 3. The predicted molar refractivity (Wildman–Crippen MR) is 96.7 cm³/mol. The molecule has 1 aromatic carbocycles. The van der Waals surface area contributed by atoms with Crippen LogP contribution in [-0.2, 0) is 5.41 Å². The molecule has 0 aliphatic heterocycles. The number of nitrogens with one attached hydrogen (secondary N) is 3. The fraction of sp³-hybridized carbons (Fsp3) is 0.368. The maximum atomic E-state index is 13.7. The molecule has 1 atom stereocenters. The minimum atomic E-state index is -4.50. The van der Waals surface area contributed by atoms with Crippen LogP contribution >= 0.6 is 0 Å². The van der Waals surface area contributed by atoms with E-state index >= 15 is 0 Å². The van der Waals surface area contributed by atoms with Gasteiger partial charge in [-0.3, -0.25) is 4.79 Å². The van der Waals surface area contributed by atoms with Gasteiger partial charge < -0.3 is 15.3 Å². The van der Waals surface area contributed by atoms with Crippen LogP contribution < -0.4 is 5.32 Å². The Balaban J connectivity index is 1.85. The van der Waals surface area contributed by atoms with E-state index in [1.807, 2.05) is 20.8 Å². The van der Waals surface area contributed by atoms with Crippen molar-refractivity contribution in [2.75, 3.05) is 6.54 Å². The molecule has 3 rings (SSSR count). The minimum Gasteiger partial charge on any atom is -0.361 e. The number of nitrogens with zero attached hydrogens (tertiary/aromatic N) is 1. The van der Waals surface area contributed by atoms with Crippen molar-refractivity contribution in [3.8, 4) is 0 Å². The number of hydrogen-bond donors (Lipinski definition) is 3. The van der Waals surface area contributed by atoms with Gasteiger partial charge in [-0.2, -0.15) is 13.2 Å². The lowest BCUT2D eigenvalue weighted by Crippen LogP contribution is -2.36. The van der Waals surface area contributed by atoms with Gasteiger partial charge in [0.15, 0.2) is 0 Å². The predicted octanol–water partition coefficient (Wildman–Crippen LogP) is 4.26. The summed E-state index contributed by atoms with van der Waals surface area (Å²) in [6, 6.07) is 6.78. The lowest BCUT2D eigenvalue weighted by atomic mass is 9.90. The Morgan fingerprint density at radius 1 is 1.19 bits per heavy atom. The maximum absolute atomic E-state index is 13.7. The highest BCUT2D eigenvalue weighted by Crippen LogP contribution is 2.37. The number of aromatic amines is 2. The molecular formula is C19H21F3N4O. The number of alkyl halides is 3. The molecule has 5 nitrogen and oxygen atoms in total. The second-order valence-corrected chi connectivity index (χ2v) is 7.47. The molecule has 0 aliphatic rings. The quantitative estimate of drug-likeness (QED) is 0.634. The fourth-order valence-electron chi connectivity index (χ4n) is 3.10. The first-order valence-corrected chi connectivity index (χ1v) is 8.54. The molecule has 3 N–H and O–H groups in total. The first-order chi connectivity index (χ1) is 12.6. The zero-order valence-electron chi connectivity index (χ0n) is 15.2. The summed E-state index contributed by atoms with van der Waals surface area (Å²) in [6.07, 6.45) is -1.78. The number of hydrogen-bond acceptors (Lipinski definition) is 2. The number of rotatable bonds is 4. The van der Waals surface area contributed by atoms with Crippen molar-refractivity contribution < 1.29 is 18.0 Å². The lowest BCUT2D eigenvalue weighted by molar-refractivity contribution is -0.148. The van der Waals surface area contributed by atoms with Gasteiger partial charge in [-0.25, -0.2) is 4.98 Å². The van der Waals surface area contributed by atoms with Gasteiger partial charge in [-0.05, 0) is 11.6 Å². The Morgan fingerprint density at radius 2 is 1.89 bits per heavy atom. The van der Waals surface area contributed by atoms with Crippen LogP contribution in [0.4, 0.5) is 13.2 Å². The van der Waals surface area contributed by atoms with Crippen LogP contribution in [0, 0.1) is 0 Å². The highest BCUT2D eigenvalue weighted by molar-refractivity contribution is 5.93. The van der Waals surface area contributed by atoms with Gasteiger partial charge in [0.2, 0.25) is 0 Å². The van der Waals surface area contributed by atoms with E-state index < -0.39 is 24.5 Å². The average molecular weight is 378 g/mol. The Bertz CT molecular complexity index is 950. The summed E-state index contributed by atoms with van der Waals surface area (Å²) in [5.41, 5.74) is 1.04. The number of carbonyl (C=O) groups excluding carboxylic acids is 1. The van der Waals surface area contributed by atoms with E-state index in [9.17, 15) is 18.0 Å². The van der Waals surface area contributed by atoms with Crippen molar-refractivity contribution in [3.05, 3.63) is 53.7 Å². The first kappa shape index (κ1) is 19.0. The second-order valence-electron chi connectivity index (χ2n) is 7.47. The lowest BCUT2D eigenvalue weighted by Gasteiger charge is -2.21. The van der Waals surface area contributed by atoms with Crippen molar-refractivity contribution in [3.63, 3.8) is 0 Å². The monoisotopic (exact) mass is 378 g/mol. The summed E-state index contributed by atoms with van der Waals surface area (Å²) in [6.45, 7) is 5.10. The number of benzene rings is 1. The third kappa shape index (κ3) is 3.84. The minimum absolute atomic E-state index is 0.108. The van der Waals surface area contributed by atoms with E-state index in [1.54, 1.807) is 24.3 Å². The van der Waals surface area contributed by atoms with Gasteiger partial charge >= 0.3 is 6.18 Å². The van der Waals surface area contributed by atoms with Crippen molar-refractivity contribution in [1.29, 1.82) is 0 Å². The molecule has 0 aliphatic carbocycles. The van der Waals surface area contributed by atoms with Gasteiger partial charge in [0.25, 0.3) is 5.91 Å². The van der Waals surface area contributed by atoms with Gasteiger partial charge in [-0.15, -0.1) is 0 Å². The number of fused-ring (bicyclic) bond motifs is 1. The molecule has 144 valence electrons. The largest absolute Gasteiger partial charge is 0.397 e. The summed E-state index contributed by atoms with van der Waals surface area (Å²) < 4.78 is 41.1. The standard InChI is InChI=1S/C19H21F3N4O/c1-18(2,3)16-15(25-10-26-16)17(27)24-9-13(19(20,21)22)12-8-23-14-7-5-4-6-11(12)14/h4-8,10,13,23H,9H2,1-3H3,(H,24,27)(H,25,26). The van der Waals surface area contributed by atoms with Crippen molar-refractivity contribution in [2.24, 2.45) is 0 Å². The summed E-state index contributed by atoms with van der Waals surface area (Å²) in [7, 11) is 0. The summed E-state index contributed by atoms with van der Waals surface area (Å²) in [5, 5.41) is 2.89. The van der Waals surface area contributed by atoms with Crippen LogP contribution in [0.3, 0.4) is 0 Å². The zero-order chi connectivity index (χ0) is 19.8. The Morgan fingerprint density at radius 3 is 2.56 bits per heavy atom. The van der Waals surface area contributed by atoms with Crippen LogP contribution in [0.5, 0.6) is 0 Å². The van der Waals surface area contributed by atoms with Gasteiger partial charge in [-0.1, -0.05) is 39.0 Å². The third-order valence-electron chi connectivity index (χ3n) is 4.46. The van der Waals surface area contributed by atoms with Crippen LogP contribution in [0.1, 0.15) is 48.4 Å². The number of carbonyl (C=O) groups is 1. The topological polar surface area (TPSA) is 73.6 Å². The summed E-state index contributed by atoms with van der Waals surface area (Å²) >= 11 is 0. The molecule has 27 heavy (non-hydrogen) atoms. The van der Waals surface area contributed by atoms with Gasteiger partial charge in [0.05, 0.1) is 17.9 Å². The van der Waals surface area contributed by atoms with E-state index in [0.717, 1.165) is 0 Å². The normalized spacial score (nSPS) is 13.7. The van der Waals surface area contributed by atoms with Crippen LogP contribution in [0.2, 0.25) is 0 Å². The molecule has 2 heterocycles. The molecule has 8 heteroatoms. The Labute approximate surface area is 154 Å². The van der Waals surface area contributed by atoms with Crippen molar-refractivity contribution in [1.82, 2.24) is 20.3 Å². The second kappa shape index (κ2) is 6.75. The van der Waals surface area contributed by atoms with Crippen molar-refractivity contribution >= 4 is 16.8 Å². The molecule has 3 aromatic rings. The van der Waals surface area contributed by atoms with E-state index in [-0.39, 0.29) is 16.7 Å². The highest BCUT2D eigenvalue weighted by atomic mass is 19.4. The van der Waals surface area contributed by atoms with E-state index in [4.69, 9.17) is 0 Å². The molecule has 0 fully saturated rings. The molecule has 2 aromatic heterocycles. The Kier molecular flexibility index (Phi) is 4.75. The van der Waals surface area contributed by atoms with Crippen molar-refractivity contribution in [2.45, 2.75) is 38.3 Å². The van der Waals surface area contributed by atoms with Gasteiger partial charge in [0, 0.05) is 29.1 Å². The molecule has 0 saturated heterocycles. The molecule has 0 bridgehead atoms. The summed E-state index contributed by atoms with van der Waals surface area (Å²) in [4.78, 5) is 22.2. The van der Waals surface area contributed by atoms with Crippen LogP contribution in [0.15, 0.2) is 36.8 Å².